The molecule has 0 bridgehead atoms. The summed E-state index contributed by atoms with van der Waals surface area (Å²) in [6.07, 6.45) is 5.01. The van der Waals surface area contributed by atoms with Gasteiger partial charge in [0.15, 0.2) is 0 Å². The Morgan fingerprint density at radius 1 is 1.46 bits per heavy atom. The largest absolute Gasteiger partial charge is 0.391 e. The van der Waals surface area contributed by atoms with Gasteiger partial charge in [-0.25, -0.2) is 0 Å². The zero-order valence-corrected chi connectivity index (χ0v) is 14.3. The highest BCUT2D eigenvalue weighted by molar-refractivity contribution is 7.13. The van der Waals surface area contributed by atoms with Crippen LogP contribution in [0, 0.1) is 11.3 Å². The van der Waals surface area contributed by atoms with E-state index in [-0.39, 0.29) is 12.7 Å². The van der Waals surface area contributed by atoms with E-state index < -0.39 is 0 Å². The number of hydrogen-bond donors (Lipinski definition) is 2. The average Bonchev–Trinajstić information content (AvgIpc) is 3.24. The Labute approximate surface area is 145 Å². The Morgan fingerprint density at radius 2 is 2.29 bits per heavy atom. The number of nitriles is 1. The van der Waals surface area contributed by atoms with E-state index in [0.29, 0.717) is 5.57 Å². The van der Waals surface area contributed by atoms with Crippen molar-refractivity contribution in [3.8, 4) is 16.5 Å². The van der Waals surface area contributed by atoms with Gasteiger partial charge in [0.25, 0.3) is 0 Å². The highest BCUT2D eigenvalue weighted by atomic mass is 32.1. The zero-order valence-electron chi connectivity index (χ0n) is 13.5. The van der Waals surface area contributed by atoms with Crippen LogP contribution in [-0.2, 0) is 6.42 Å². The number of rotatable bonds is 4. The summed E-state index contributed by atoms with van der Waals surface area (Å²) >= 11 is 1.66. The number of thiophene rings is 1. The van der Waals surface area contributed by atoms with Crippen LogP contribution in [0.25, 0.3) is 16.0 Å². The Kier molecular flexibility index (Phi) is 4.96. The summed E-state index contributed by atoms with van der Waals surface area (Å²) in [6, 6.07) is 10.2. The number of nitrogens with zero attached hydrogens (tertiary/aromatic N) is 1. The van der Waals surface area contributed by atoms with Gasteiger partial charge in [-0.2, -0.15) is 5.26 Å². The minimum Gasteiger partial charge on any atom is -0.391 e. The van der Waals surface area contributed by atoms with Crippen molar-refractivity contribution in [1.29, 1.82) is 5.26 Å². The minimum absolute atomic E-state index is 0.255. The van der Waals surface area contributed by atoms with Crippen LogP contribution in [0.15, 0.2) is 47.4 Å². The number of aliphatic hydroxyl groups is 2. The molecule has 1 aliphatic rings. The molecule has 0 amide bonds. The molecular weight excluding hydrogens is 318 g/mol. The number of aliphatic hydroxyl groups excluding tert-OH is 2. The van der Waals surface area contributed by atoms with E-state index in [2.05, 4.69) is 17.5 Å². The van der Waals surface area contributed by atoms with Gasteiger partial charge in [-0.15, -0.1) is 11.3 Å². The summed E-state index contributed by atoms with van der Waals surface area (Å²) < 4.78 is 0. The maximum atomic E-state index is 10.1. The number of hydrogen-bond acceptors (Lipinski definition) is 4. The van der Waals surface area contributed by atoms with Gasteiger partial charge >= 0.3 is 0 Å². The van der Waals surface area contributed by atoms with Crippen molar-refractivity contribution in [2.45, 2.75) is 25.9 Å². The molecule has 1 aliphatic carbocycles. The first-order chi connectivity index (χ1) is 11.7. The van der Waals surface area contributed by atoms with Gasteiger partial charge in [-0.3, -0.25) is 0 Å². The van der Waals surface area contributed by atoms with Gasteiger partial charge in [0.2, 0.25) is 0 Å². The maximum absolute atomic E-state index is 10.1. The Bertz CT molecular complexity index is 855. The van der Waals surface area contributed by atoms with Crippen molar-refractivity contribution in [3.05, 3.63) is 64.1 Å². The molecule has 1 aromatic carbocycles. The van der Waals surface area contributed by atoms with Crippen LogP contribution in [0.3, 0.4) is 0 Å². The molecule has 0 radical (unpaired) electrons. The molecule has 1 heterocycles. The second kappa shape index (κ2) is 7.14. The van der Waals surface area contributed by atoms with Crippen LogP contribution in [-0.4, -0.2) is 16.8 Å². The van der Waals surface area contributed by atoms with E-state index in [1.807, 2.05) is 31.2 Å². The van der Waals surface area contributed by atoms with Gasteiger partial charge in [-0.05, 0) is 65.1 Å². The Hall–Kier alpha value is -2.19. The maximum Gasteiger partial charge on any atom is 0.0971 e. The van der Waals surface area contributed by atoms with Gasteiger partial charge in [0.05, 0.1) is 24.4 Å². The van der Waals surface area contributed by atoms with Crippen LogP contribution in [0.2, 0.25) is 0 Å². The summed E-state index contributed by atoms with van der Waals surface area (Å²) in [5, 5.41) is 30.3. The van der Waals surface area contributed by atoms with Crippen LogP contribution in [0.5, 0.6) is 0 Å². The van der Waals surface area contributed by atoms with E-state index in [0.717, 1.165) is 34.4 Å². The van der Waals surface area contributed by atoms with Gasteiger partial charge in [0.1, 0.15) is 0 Å². The molecule has 0 saturated carbocycles. The minimum atomic E-state index is -0.351. The fourth-order valence-corrected chi connectivity index (χ4v) is 4.10. The van der Waals surface area contributed by atoms with Crippen molar-refractivity contribution in [2.75, 3.05) is 6.61 Å². The van der Waals surface area contributed by atoms with Gasteiger partial charge < -0.3 is 10.2 Å². The van der Waals surface area contributed by atoms with Gasteiger partial charge in [-0.1, -0.05) is 24.3 Å². The molecule has 0 saturated heterocycles. The fraction of sp³-hybridized carbons (Fsp3) is 0.250. The van der Waals surface area contributed by atoms with Crippen LogP contribution in [0.4, 0.5) is 0 Å². The lowest BCUT2D eigenvalue weighted by atomic mass is 10.00. The third-order valence-corrected chi connectivity index (χ3v) is 5.36. The normalized spacial score (nSPS) is 17.7. The highest BCUT2D eigenvalue weighted by Gasteiger charge is 2.23. The molecule has 1 aromatic heterocycles. The molecule has 1 unspecified atom stereocenters. The summed E-state index contributed by atoms with van der Waals surface area (Å²) in [4.78, 5) is 1.16. The second-order valence-corrected chi connectivity index (χ2v) is 6.72. The molecule has 0 aliphatic heterocycles. The lowest BCUT2D eigenvalue weighted by molar-refractivity contribution is 0.180. The van der Waals surface area contributed by atoms with Crippen molar-refractivity contribution >= 4 is 16.9 Å². The first-order valence-corrected chi connectivity index (χ1v) is 8.82. The molecule has 1 atom stereocenters. The fourth-order valence-electron chi connectivity index (χ4n) is 3.13. The average molecular weight is 337 g/mol. The topological polar surface area (TPSA) is 64.2 Å². The van der Waals surface area contributed by atoms with Crippen LogP contribution in [0.1, 0.15) is 36.1 Å². The monoisotopic (exact) mass is 337 g/mol. The molecule has 0 spiro atoms. The number of allylic oxidation sites excluding steroid dienone is 3. The zero-order chi connectivity index (χ0) is 17.1. The smallest absolute Gasteiger partial charge is 0.0971 e. The first kappa shape index (κ1) is 16.7. The molecular formula is C20H19NO2S. The molecule has 2 aromatic rings. The summed E-state index contributed by atoms with van der Waals surface area (Å²) in [5.41, 5.74) is 5.78. The quantitative estimate of drug-likeness (QED) is 0.648. The van der Waals surface area contributed by atoms with Crippen molar-refractivity contribution < 1.29 is 10.2 Å². The predicted molar refractivity (Wildman–Crippen MR) is 97.5 cm³/mol. The van der Waals surface area contributed by atoms with E-state index in [1.54, 1.807) is 17.4 Å². The van der Waals surface area contributed by atoms with E-state index >= 15 is 0 Å². The Balaban J connectivity index is 1.98. The summed E-state index contributed by atoms with van der Waals surface area (Å²) in [7, 11) is 0. The van der Waals surface area contributed by atoms with Crippen LogP contribution >= 0.6 is 11.3 Å². The van der Waals surface area contributed by atoms with Crippen molar-refractivity contribution in [3.63, 3.8) is 0 Å². The summed E-state index contributed by atoms with van der Waals surface area (Å²) in [5.74, 6) is 0. The number of benzene rings is 1. The van der Waals surface area contributed by atoms with Crippen molar-refractivity contribution in [2.24, 2.45) is 0 Å². The standard InChI is InChI=1S/C20H19NO2S/c1-2-14(8-13(10-21)11-22)15-9-20(24-12-15)18-5-3-4-17-16(18)6-7-19(17)23/h2-5,8-9,12,19,22-23H,6-7,11H2,1H3/b13-8-,14-2+. The SMILES string of the molecule is C/C=C(\C=C(\C#N)CO)c1csc(-c2cccc3c2CCC3O)c1. The number of fused-ring (bicyclic) bond motifs is 1. The molecule has 3 nitrogen and oxygen atoms in total. The molecule has 0 fully saturated rings. The lowest BCUT2D eigenvalue weighted by Gasteiger charge is -2.07. The Morgan fingerprint density at radius 3 is 3.00 bits per heavy atom. The van der Waals surface area contributed by atoms with E-state index in [1.165, 1.54) is 11.1 Å². The highest BCUT2D eigenvalue weighted by Crippen LogP contribution is 2.40. The first-order valence-electron chi connectivity index (χ1n) is 7.95. The molecule has 4 heteroatoms. The van der Waals surface area contributed by atoms with E-state index in [9.17, 15) is 10.2 Å². The van der Waals surface area contributed by atoms with Crippen molar-refractivity contribution in [1.82, 2.24) is 0 Å². The lowest BCUT2D eigenvalue weighted by Crippen LogP contribution is -1.90. The third kappa shape index (κ3) is 3.07. The van der Waals surface area contributed by atoms with Crippen LogP contribution < -0.4 is 0 Å². The molecule has 3 rings (SSSR count). The summed E-state index contributed by atoms with van der Waals surface area (Å²) in [6.45, 7) is 1.67. The molecule has 122 valence electrons. The predicted octanol–water partition coefficient (Wildman–Crippen LogP) is 4.24. The van der Waals surface area contributed by atoms with Gasteiger partial charge in [0, 0.05) is 4.88 Å². The molecule has 2 N–H and O–H groups in total. The second-order valence-electron chi connectivity index (χ2n) is 5.81. The third-order valence-electron chi connectivity index (χ3n) is 4.39. The molecule has 24 heavy (non-hydrogen) atoms. The van der Waals surface area contributed by atoms with E-state index in [4.69, 9.17) is 5.26 Å².